The maximum atomic E-state index is 5.09. The van der Waals surface area contributed by atoms with Gasteiger partial charge in [0.2, 0.25) is 0 Å². The average molecular weight is 342 g/mol. The van der Waals surface area contributed by atoms with Gasteiger partial charge in [0.25, 0.3) is 0 Å². The van der Waals surface area contributed by atoms with E-state index < -0.39 is 0 Å². The summed E-state index contributed by atoms with van der Waals surface area (Å²) in [4.78, 5) is 0. The zero-order chi connectivity index (χ0) is 14.6. The number of methoxy groups -OCH3 is 1. The topological polar surface area (TPSA) is 21.3 Å². The van der Waals surface area contributed by atoms with Gasteiger partial charge in [-0.2, -0.15) is 0 Å². The van der Waals surface area contributed by atoms with Crippen LogP contribution in [0.4, 0.5) is 0 Å². The van der Waals surface area contributed by atoms with E-state index in [1.165, 1.54) is 37.7 Å². The maximum absolute atomic E-state index is 5.09. The van der Waals surface area contributed by atoms with Gasteiger partial charge in [0.05, 0.1) is 6.61 Å². The first-order chi connectivity index (χ1) is 9.77. The standard InChI is InChI=1S/C17H28BrNO/c1-3-4-5-6-7-16(14-19-12-13-20-2)15-8-10-17(18)11-9-15/h8-11,16,19H,3-7,12-14H2,1-2H3. The highest BCUT2D eigenvalue weighted by Gasteiger charge is 2.10. The Morgan fingerprint density at radius 1 is 1.15 bits per heavy atom. The Labute approximate surface area is 132 Å². The second-order valence-electron chi connectivity index (χ2n) is 5.29. The molecule has 0 aromatic heterocycles. The molecule has 0 aliphatic heterocycles. The zero-order valence-corrected chi connectivity index (χ0v) is 14.4. The van der Waals surface area contributed by atoms with Crippen molar-refractivity contribution in [2.45, 2.75) is 44.9 Å². The Bertz CT molecular complexity index is 327. The largest absolute Gasteiger partial charge is 0.383 e. The monoisotopic (exact) mass is 341 g/mol. The minimum atomic E-state index is 0.608. The van der Waals surface area contributed by atoms with Crippen LogP contribution in [-0.4, -0.2) is 26.8 Å². The number of rotatable bonds is 11. The lowest BCUT2D eigenvalue weighted by Crippen LogP contribution is -2.25. The lowest BCUT2D eigenvalue weighted by molar-refractivity contribution is 0.198. The van der Waals surface area contributed by atoms with Crippen LogP contribution in [0.1, 0.15) is 50.5 Å². The fourth-order valence-corrected chi connectivity index (χ4v) is 2.65. The molecule has 20 heavy (non-hydrogen) atoms. The molecule has 114 valence electrons. The molecule has 1 aromatic carbocycles. The Hall–Kier alpha value is -0.380. The second-order valence-corrected chi connectivity index (χ2v) is 6.21. The molecule has 2 nitrogen and oxygen atoms in total. The van der Waals surface area contributed by atoms with Crippen molar-refractivity contribution in [2.24, 2.45) is 0 Å². The lowest BCUT2D eigenvalue weighted by Gasteiger charge is -2.18. The summed E-state index contributed by atoms with van der Waals surface area (Å²) in [5.74, 6) is 0.608. The smallest absolute Gasteiger partial charge is 0.0587 e. The van der Waals surface area contributed by atoms with Crippen LogP contribution in [0.15, 0.2) is 28.7 Å². The summed E-state index contributed by atoms with van der Waals surface area (Å²) in [6.07, 6.45) is 6.59. The second kappa shape index (κ2) is 11.3. The average Bonchev–Trinajstić information content (AvgIpc) is 2.47. The first-order valence-corrected chi connectivity index (χ1v) is 8.52. The first kappa shape index (κ1) is 17.7. The molecule has 1 N–H and O–H groups in total. The van der Waals surface area contributed by atoms with Crippen molar-refractivity contribution < 1.29 is 4.74 Å². The fraction of sp³-hybridized carbons (Fsp3) is 0.647. The Morgan fingerprint density at radius 2 is 1.90 bits per heavy atom. The molecule has 1 aromatic rings. The fourth-order valence-electron chi connectivity index (χ4n) is 2.39. The molecule has 0 fully saturated rings. The molecule has 1 atom stereocenters. The van der Waals surface area contributed by atoms with Gasteiger partial charge in [0.1, 0.15) is 0 Å². The quantitative estimate of drug-likeness (QED) is 0.587. The highest BCUT2D eigenvalue weighted by Crippen LogP contribution is 2.23. The number of hydrogen-bond acceptors (Lipinski definition) is 2. The van der Waals surface area contributed by atoms with E-state index in [2.05, 4.69) is 52.4 Å². The number of unbranched alkanes of at least 4 members (excludes halogenated alkanes) is 3. The molecule has 0 radical (unpaired) electrons. The van der Waals surface area contributed by atoms with Crippen LogP contribution in [-0.2, 0) is 4.74 Å². The number of nitrogens with one attached hydrogen (secondary N) is 1. The highest BCUT2D eigenvalue weighted by molar-refractivity contribution is 9.10. The summed E-state index contributed by atoms with van der Waals surface area (Å²) in [6.45, 7) is 5.01. The molecule has 0 heterocycles. The van der Waals surface area contributed by atoms with E-state index >= 15 is 0 Å². The minimum absolute atomic E-state index is 0.608. The Balaban J connectivity index is 2.47. The number of hydrogen-bond donors (Lipinski definition) is 1. The van der Waals surface area contributed by atoms with E-state index in [1.807, 2.05) is 0 Å². The van der Waals surface area contributed by atoms with Gasteiger partial charge >= 0.3 is 0 Å². The molecular weight excluding hydrogens is 314 g/mol. The summed E-state index contributed by atoms with van der Waals surface area (Å²) in [5.41, 5.74) is 1.44. The highest BCUT2D eigenvalue weighted by atomic mass is 79.9. The third-order valence-corrected chi connectivity index (χ3v) is 4.15. The van der Waals surface area contributed by atoms with Crippen LogP contribution < -0.4 is 5.32 Å². The summed E-state index contributed by atoms with van der Waals surface area (Å²) < 4.78 is 6.24. The first-order valence-electron chi connectivity index (χ1n) is 7.73. The molecule has 1 unspecified atom stereocenters. The number of ether oxygens (including phenoxy) is 1. The van der Waals surface area contributed by atoms with Crippen molar-refractivity contribution in [1.82, 2.24) is 5.32 Å². The van der Waals surface area contributed by atoms with Crippen molar-refractivity contribution in [2.75, 3.05) is 26.8 Å². The molecule has 0 saturated carbocycles. The predicted molar refractivity (Wildman–Crippen MR) is 90.4 cm³/mol. The van der Waals surface area contributed by atoms with Crippen LogP contribution in [0.3, 0.4) is 0 Å². The molecule has 0 aliphatic carbocycles. The van der Waals surface area contributed by atoms with E-state index in [0.29, 0.717) is 5.92 Å². The normalized spacial score (nSPS) is 12.6. The minimum Gasteiger partial charge on any atom is -0.383 e. The molecule has 0 spiro atoms. The third-order valence-electron chi connectivity index (χ3n) is 3.62. The van der Waals surface area contributed by atoms with Gasteiger partial charge in [-0.05, 0) is 30.0 Å². The maximum Gasteiger partial charge on any atom is 0.0587 e. The van der Waals surface area contributed by atoms with Crippen LogP contribution in [0.25, 0.3) is 0 Å². The van der Waals surface area contributed by atoms with Crippen molar-refractivity contribution in [3.8, 4) is 0 Å². The summed E-state index contributed by atoms with van der Waals surface area (Å²) in [6, 6.07) is 8.77. The van der Waals surface area contributed by atoms with Gasteiger partial charge in [-0.1, -0.05) is 60.7 Å². The van der Waals surface area contributed by atoms with Gasteiger partial charge in [-0.15, -0.1) is 0 Å². The third kappa shape index (κ3) is 7.41. The number of halogens is 1. The van der Waals surface area contributed by atoms with Crippen LogP contribution in [0, 0.1) is 0 Å². The van der Waals surface area contributed by atoms with E-state index in [1.54, 1.807) is 7.11 Å². The molecule has 0 amide bonds. The van der Waals surface area contributed by atoms with Crippen molar-refractivity contribution in [3.05, 3.63) is 34.3 Å². The van der Waals surface area contributed by atoms with E-state index in [9.17, 15) is 0 Å². The Kier molecular flexibility index (Phi) is 9.98. The lowest BCUT2D eigenvalue weighted by atomic mass is 9.93. The van der Waals surface area contributed by atoms with Gasteiger partial charge in [0.15, 0.2) is 0 Å². The van der Waals surface area contributed by atoms with Gasteiger partial charge in [-0.3, -0.25) is 0 Å². The van der Waals surface area contributed by atoms with Crippen molar-refractivity contribution in [1.29, 1.82) is 0 Å². The molecule has 0 aliphatic rings. The van der Waals surface area contributed by atoms with Gasteiger partial charge in [-0.25, -0.2) is 0 Å². The molecule has 0 bridgehead atoms. The SMILES string of the molecule is CCCCCCC(CNCCOC)c1ccc(Br)cc1. The van der Waals surface area contributed by atoms with Crippen LogP contribution in [0.2, 0.25) is 0 Å². The summed E-state index contributed by atoms with van der Waals surface area (Å²) in [5, 5.41) is 3.50. The predicted octanol–water partition coefficient (Wildman–Crippen LogP) is 4.74. The summed E-state index contributed by atoms with van der Waals surface area (Å²) >= 11 is 3.51. The van der Waals surface area contributed by atoms with Gasteiger partial charge in [0, 0.05) is 24.7 Å². The Morgan fingerprint density at radius 3 is 2.55 bits per heavy atom. The summed E-state index contributed by atoms with van der Waals surface area (Å²) in [7, 11) is 1.75. The molecular formula is C17H28BrNO. The number of benzene rings is 1. The van der Waals surface area contributed by atoms with E-state index in [-0.39, 0.29) is 0 Å². The van der Waals surface area contributed by atoms with E-state index in [0.717, 1.165) is 24.2 Å². The van der Waals surface area contributed by atoms with Crippen LogP contribution in [0.5, 0.6) is 0 Å². The van der Waals surface area contributed by atoms with E-state index in [4.69, 9.17) is 4.74 Å². The van der Waals surface area contributed by atoms with Gasteiger partial charge < -0.3 is 10.1 Å². The molecule has 0 saturated heterocycles. The van der Waals surface area contributed by atoms with Crippen molar-refractivity contribution >= 4 is 15.9 Å². The zero-order valence-electron chi connectivity index (χ0n) is 12.8. The molecule has 3 heteroatoms. The van der Waals surface area contributed by atoms with Crippen molar-refractivity contribution in [3.63, 3.8) is 0 Å². The van der Waals surface area contributed by atoms with Crippen LogP contribution >= 0.6 is 15.9 Å². The molecule has 1 rings (SSSR count).